The van der Waals surface area contributed by atoms with Gasteiger partial charge in [0.1, 0.15) is 5.01 Å². The molecular formula is C18H27Cl2N3OS. The Morgan fingerprint density at radius 2 is 2.00 bits per heavy atom. The van der Waals surface area contributed by atoms with Crippen LogP contribution in [0.2, 0.25) is 0 Å². The Bertz CT molecular complexity index is 688. The van der Waals surface area contributed by atoms with Crippen molar-refractivity contribution in [1.82, 2.24) is 9.88 Å². The van der Waals surface area contributed by atoms with E-state index in [1.165, 1.54) is 5.56 Å². The summed E-state index contributed by atoms with van der Waals surface area (Å²) in [5.41, 5.74) is 8.81. The molecule has 0 saturated heterocycles. The van der Waals surface area contributed by atoms with Crippen LogP contribution in [0.25, 0.3) is 10.6 Å². The molecule has 0 atom stereocenters. The van der Waals surface area contributed by atoms with Crippen LogP contribution in [0.15, 0.2) is 29.6 Å². The van der Waals surface area contributed by atoms with Crippen LogP contribution in [-0.4, -0.2) is 35.9 Å². The molecular weight excluding hydrogens is 377 g/mol. The number of carbonyl (C=O) groups is 1. The smallest absolute Gasteiger partial charge is 0.228 e. The van der Waals surface area contributed by atoms with Gasteiger partial charge in [-0.05, 0) is 24.9 Å². The number of likely N-dealkylation sites (N-methyl/N-ethyl adjacent to an activating group) is 1. The summed E-state index contributed by atoms with van der Waals surface area (Å²) < 4.78 is 0. The third-order valence-corrected chi connectivity index (χ3v) is 4.73. The van der Waals surface area contributed by atoms with Gasteiger partial charge in [0.25, 0.3) is 0 Å². The van der Waals surface area contributed by atoms with Gasteiger partial charge in [-0.3, -0.25) is 4.79 Å². The van der Waals surface area contributed by atoms with E-state index in [-0.39, 0.29) is 36.1 Å². The van der Waals surface area contributed by atoms with E-state index in [0.29, 0.717) is 19.5 Å². The molecule has 1 aromatic heterocycles. The van der Waals surface area contributed by atoms with Gasteiger partial charge < -0.3 is 10.6 Å². The van der Waals surface area contributed by atoms with Crippen LogP contribution in [0.4, 0.5) is 0 Å². The molecule has 1 aromatic carbocycles. The fourth-order valence-corrected chi connectivity index (χ4v) is 3.20. The highest BCUT2D eigenvalue weighted by atomic mass is 35.5. The van der Waals surface area contributed by atoms with Gasteiger partial charge in [-0.2, -0.15) is 0 Å². The predicted octanol–water partition coefficient (Wildman–Crippen LogP) is 3.95. The van der Waals surface area contributed by atoms with Crippen molar-refractivity contribution in [3.63, 3.8) is 0 Å². The average Bonchev–Trinajstić information content (AvgIpc) is 2.95. The van der Waals surface area contributed by atoms with Crippen molar-refractivity contribution in [2.75, 3.05) is 20.1 Å². The standard InChI is InChI=1S/C18H25N3OS.2ClH/c1-13-6-5-7-14(8-13)17-20-15(10-23-17)9-16(22)21(4)12-18(2,3)11-19;;/h5-8,10H,9,11-12,19H2,1-4H3;2*1H. The largest absolute Gasteiger partial charge is 0.345 e. The van der Waals surface area contributed by atoms with Gasteiger partial charge in [-0.1, -0.05) is 37.6 Å². The van der Waals surface area contributed by atoms with E-state index in [4.69, 9.17) is 5.73 Å². The highest BCUT2D eigenvalue weighted by Crippen LogP contribution is 2.25. The van der Waals surface area contributed by atoms with Gasteiger partial charge in [-0.15, -0.1) is 36.2 Å². The summed E-state index contributed by atoms with van der Waals surface area (Å²) in [6.07, 6.45) is 0.333. The van der Waals surface area contributed by atoms with Crippen molar-refractivity contribution < 1.29 is 4.79 Å². The van der Waals surface area contributed by atoms with E-state index in [1.54, 1.807) is 16.2 Å². The maximum Gasteiger partial charge on any atom is 0.228 e. The Labute approximate surface area is 166 Å². The van der Waals surface area contributed by atoms with Crippen LogP contribution in [-0.2, 0) is 11.2 Å². The quantitative estimate of drug-likeness (QED) is 0.793. The number of benzene rings is 1. The molecule has 0 radical (unpaired) electrons. The van der Waals surface area contributed by atoms with Crippen LogP contribution in [0, 0.1) is 12.3 Å². The molecule has 0 aliphatic rings. The van der Waals surface area contributed by atoms with Crippen molar-refractivity contribution >= 4 is 42.1 Å². The molecule has 140 valence electrons. The minimum absolute atomic E-state index is 0. The fourth-order valence-electron chi connectivity index (χ4n) is 2.38. The second kappa shape index (κ2) is 10.1. The Balaban J connectivity index is 0.00000288. The normalized spacial score (nSPS) is 10.6. The highest BCUT2D eigenvalue weighted by molar-refractivity contribution is 7.13. The lowest BCUT2D eigenvalue weighted by atomic mass is 9.93. The molecule has 0 aliphatic heterocycles. The summed E-state index contributed by atoms with van der Waals surface area (Å²) in [5.74, 6) is 0.0765. The minimum Gasteiger partial charge on any atom is -0.345 e. The second-order valence-corrected chi connectivity index (χ2v) is 7.67. The zero-order valence-corrected chi connectivity index (χ0v) is 17.6. The number of nitrogens with two attached hydrogens (primary N) is 1. The lowest BCUT2D eigenvalue weighted by molar-refractivity contribution is -0.130. The summed E-state index contributed by atoms with van der Waals surface area (Å²) in [5, 5.41) is 2.93. The molecule has 0 spiro atoms. The van der Waals surface area contributed by atoms with E-state index < -0.39 is 0 Å². The number of hydrogen-bond donors (Lipinski definition) is 1. The molecule has 2 aromatic rings. The molecule has 0 unspecified atom stereocenters. The fraction of sp³-hybridized carbons (Fsp3) is 0.444. The summed E-state index contributed by atoms with van der Waals surface area (Å²) in [4.78, 5) is 18.7. The summed E-state index contributed by atoms with van der Waals surface area (Å²) in [6, 6.07) is 8.25. The Morgan fingerprint density at radius 3 is 2.60 bits per heavy atom. The first-order chi connectivity index (χ1) is 10.8. The van der Waals surface area contributed by atoms with Crippen LogP contribution >= 0.6 is 36.2 Å². The molecule has 0 bridgehead atoms. The van der Waals surface area contributed by atoms with E-state index in [1.807, 2.05) is 24.6 Å². The van der Waals surface area contributed by atoms with E-state index in [2.05, 4.69) is 37.9 Å². The third kappa shape index (κ3) is 6.94. The Kier molecular flexibility index (Phi) is 9.66. The first-order valence-corrected chi connectivity index (χ1v) is 8.64. The van der Waals surface area contributed by atoms with Crippen molar-refractivity contribution in [3.05, 3.63) is 40.9 Å². The number of hydrogen-bond acceptors (Lipinski definition) is 4. The first-order valence-electron chi connectivity index (χ1n) is 7.76. The van der Waals surface area contributed by atoms with Gasteiger partial charge in [0.2, 0.25) is 5.91 Å². The van der Waals surface area contributed by atoms with Crippen molar-refractivity contribution in [1.29, 1.82) is 0 Å². The molecule has 0 saturated carbocycles. The van der Waals surface area contributed by atoms with Gasteiger partial charge in [0, 0.05) is 24.5 Å². The van der Waals surface area contributed by atoms with Crippen LogP contribution in [0.3, 0.4) is 0 Å². The van der Waals surface area contributed by atoms with Crippen LogP contribution < -0.4 is 5.73 Å². The molecule has 1 heterocycles. The number of aromatic nitrogens is 1. The minimum atomic E-state index is -0.0702. The number of thiazole rings is 1. The molecule has 0 fully saturated rings. The summed E-state index contributed by atoms with van der Waals surface area (Å²) in [6.45, 7) is 7.40. The van der Waals surface area contributed by atoms with Gasteiger partial charge in [-0.25, -0.2) is 4.98 Å². The predicted molar refractivity (Wildman–Crippen MR) is 111 cm³/mol. The van der Waals surface area contributed by atoms with Gasteiger partial charge >= 0.3 is 0 Å². The SMILES string of the molecule is Cc1cccc(-c2nc(CC(=O)N(C)CC(C)(C)CN)cs2)c1.Cl.Cl. The zero-order chi connectivity index (χ0) is 17.0. The molecule has 2 rings (SSSR count). The summed E-state index contributed by atoms with van der Waals surface area (Å²) >= 11 is 1.58. The number of halogens is 2. The maximum atomic E-state index is 12.4. The number of rotatable bonds is 6. The van der Waals surface area contributed by atoms with E-state index in [9.17, 15) is 4.79 Å². The Hall–Kier alpha value is -1.14. The second-order valence-electron chi connectivity index (χ2n) is 6.81. The molecule has 7 heteroatoms. The molecule has 25 heavy (non-hydrogen) atoms. The van der Waals surface area contributed by atoms with Crippen LogP contribution in [0.5, 0.6) is 0 Å². The molecule has 2 N–H and O–H groups in total. The average molecular weight is 404 g/mol. The van der Waals surface area contributed by atoms with Crippen molar-refractivity contribution in [3.8, 4) is 10.6 Å². The van der Waals surface area contributed by atoms with E-state index >= 15 is 0 Å². The van der Waals surface area contributed by atoms with Gasteiger partial charge in [0.15, 0.2) is 0 Å². The topological polar surface area (TPSA) is 59.2 Å². The van der Waals surface area contributed by atoms with Gasteiger partial charge in [0.05, 0.1) is 12.1 Å². The molecule has 1 amide bonds. The number of nitrogens with zero attached hydrogens (tertiary/aromatic N) is 2. The van der Waals surface area contributed by atoms with Crippen LogP contribution in [0.1, 0.15) is 25.1 Å². The van der Waals surface area contributed by atoms with Crippen molar-refractivity contribution in [2.45, 2.75) is 27.2 Å². The lowest BCUT2D eigenvalue weighted by Crippen LogP contribution is -2.40. The Morgan fingerprint density at radius 1 is 1.32 bits per heavy atom. The maximum absolute atomic E-state index is 12.4. The zero-order valence-electron chi connectivity index (χ0n) is 15.1. The monoisotopic (exact) mass is 403 g/mol. The first kappa shape index (κ1) is 23.9. The van der Waals surface area contributed by atoms with Crippen molar-refractivity contribution in [2.24, 2.45) is 11.1 Å². The number of aryl methyl sites for hydroxylation is 1. The third-order valence-electron chi connectivity index (χ3n) is 3.79. The molecule has 0 aliphatic carbocycles. The molecule has 4 nitrogen and oxygen atoms in total. The number of amides is 1. The summed E-state index contributed by atoms with van der Waals surface area (Å²) in [7, 11) is 1.83. The number of carbonyl (C=O) groups excluding carboxylic acids is 1. The van der Waals surface area contributed by atoms with E-state index in [0.717, 1.165) is 16.3 Å². The lowest BCUT2D eigenvalue weighted by Gasteiger charge is -2.28. The highest BCUT2D eigenvalue weighted by Gasteiger charge is 2.21.